The largest absolute Gasteiger partial charge is 0.497 e. The average Bonchev–Trinajstić information content (AvgIpc) is 2.91. The molecule has 1 saturated heterocycles. The maximum absolute atomic E-state index is 13.0. The number of thiocarbonyl (C=S) groups is 1. The standard InChI is InChI=1S/C18H13FN2O3S2/c1-24-14-8-4-12(5-9-14)16(22)20-21-17(23)15(26-18(21)25)10-11-2-6-13(19)7-3-11/h2-10H,1H3,(H,20,22)/b15-10+. The fourth-order valence-electron chi connectivity index (χ4n) is 2.18. The molecule has 0 atom stereocenters. The monoisotopic (exact) mass is 388 g/mol. The number of hydrogen-bond acceptors (Lipinski definition) is 5. The summed E-state index contributed by atoms with van der Waals surface area (Å²) < 4.78 is 18.2. The van der Waals surface area contributed by atoms with Crippen LogP contribution in [0.2, 0.25) is 0 Å². The van der Waals surface area contributed by atoms with Crippen LogP contribution in [-0.2, 0) is 4.79 Å². The Morgan fingerprint density at radius 2 is 1.85 bits per heavy atom. The molecule has 2 amide bonds. The lowest BCUT2D eigenvalue weighted by Gasteiger charge is -2.15. The first-order valence-electron chi connectivity index (χ1n) is 7.46. The molecule has 1 heterocycles. The highest BCUT2D eigenvalue weighted by molar-refractivity contribution is 8.26. The van der Waals surface area contributed by atoms with Gasteiger partial charge in [0.1, 0.15) is 11.6 Å². The second-order valence-electron chi connectivity index (χ2n) is 5.24. The third-order valence-corrected chi connectivity index (χ3v) is 4.83. The number of thioether (sulfide) groups is 1. The number of methoxy groups -OCH3 is 1. The smallest absolute Gasteiger partial charge is 0.285 e. The van der Waals surface area contributed by atoms with Crippen molar-refractivity contribution < 1.29 is 18.7 Å². The Balaban J connectivity index is 1.74. The Kier molecular flexibility index (Phi) is 5.34. The number of hydrogen-bond donors (Lipinski definition) is 1. The van der Waals surface area contributed by atoms with Gasteiger partial charge in [0, 0.05) is 5.56 Å². The summed E-state index contributed by atoms with van der Waals surface area (Å²) in [5, 5.41) is 1.03. The highest BCUT2D eigenvalue weighted by Crippen LogP contribution is 2.31. The van der Waals surface area contributed by atoms with Crippen LogP contribution in [0.5, 0.6) is 5.75 Å². The quantitative estimate of drug-likeness (QED) is 0.643. The van der Waals surface area contributed by atoms with E-state index in [1.54, 1.807) is 42.5 Å². The van der Waals surface area contributed by atoms with Crippen molar-refractivity contribution in [2.45, 2.75) is 0 Å². The molecule has 0 aromatic heterocycles. The van der Waals surface area contributed by atoms with Crippen LogP contribution in [0, 0.1) is 5.82 Å². The van der Waals surface area contributed by atoms with Crippen LogP contribution >= 0.6 is 24.0 Å². The van der Waals surface area contributed by atoms with Crippen LogP contribution in [0.25, 0.3) is 6.08 Å². The number of carbonyl (C=O) groups is 2. The first kappa shape index (κ1) is 18.1. The van der Waals surface area contributed by atoms with Gasteiger partial charge in [0.15, 0.2) is 4.32 Å². The van der Waals surface area contributed by atoms with E-state index >= 15 is 0 Å². The molecule has 1 fully saturated rings. The number of hydrazine groups is 1. The SMILES string of the molecule is COc1ccc(C(=O)NN2C(=O)/C(=C\c3ccc(F)cc3)SC2=S)cc1. The van der Waals surface area contributed by atoms with Crippen LogP contribution in [0.15, 0.2) is 53.4 Å². The van der Waals surface area contributed by atoms with Gasteiger partial charge in [-0.1, -0.05) is 23.9 Å². The topological polar surface area (TPSA) is 58.6 Å². The molecule has 8 heteroatoms. The van der Waals surface area contributed by atoms with Gasteiger partial charge >= 0.3 is 0 Å². The van der Waals surface area contributed by atoms with Crippen molar-refractivity contribution in [3.05, 3.63) is 70.4 Å². The number of nitrogens with zero attached hydrogens (tertiary/aromatic N) is 1. The fourth-order valence-corrected chi connectivity index (χ4v) is 3.36. The number of rotatable bonds is 4. The molecule has 5 nitrogen and oxygen atoms in total. The molecule has 0 spiro atoms. The summed E-state index contributed by atoms with van der Waals surface area (Å²) in [6.45, 7) is 0. The fraction of sp³-hybridized carbons (Fsp3) is 0.0556. The van der Waals surface area contributed by atoms with Gasteiger partial charge in [-0.25, -0.2) is 4.39 Å². The Hall–Kier alpha value is -2.71. The Morgan fingerprint density at radius 1 is 1.19 bits per heavy atom. The number of nitrogens with one attached hydrogen (secondary N) is 1. The van der Waals surface area contributed by atoms with Crippen LogP contribution in [0.1, 0.15) is 15.9 Å². The second-order valence-corrected chi connectivity index (χ2v) is 6.91. The van der Waals surface area contributed by atoms with Gasteiger partial charge in [-0.05, 0) is 60.3 Å². The summed E-state index contributed by atoms with van der Waals surface area (Å²) in [5.74, 6) is -0.644. The lowest BCUT2D eigenvalue weighted by Crippen LogP contribution is -2.44. The van der Waals surface area contributed by atoms with E-state index < -0.39 is 11.8 Å². The molecule has 1 aliphatic rings. The summed E-state index contributed by atoms with van der Waals surface area (Å²) in [4.78, 5) is 25.2. The lowest BCUT2D eigenvalue weighted by atomic mass is 10.2. The van der Waals surface area contributed by atoms with Gasteiger partial charge in [-0.3, -0.25) is 15.0 Å². The van der Waals surface area contributed by atoms with Gasteiger partial charge in [-0.2, -0.15) is 5.01 Å². The summed E-state index contributed by atoms with van der Waals surface area (Å²) in [6.07, 6.45) is 1.60. The lowest BCUT2D eigenvalue weighted by molar-refractivity contribution is -0.123. The normalized spacial score (nSPS) is 15.5. The van der Waals surface area contributed by atoms with Crippen molar-refractivity contribution in [2.24, 2.45) is 0 Å². The minimum Gasteiger partial charge on any atom is -0.497 e. The van der Waals surface area contributed by atoms with E-state index in [4.69, 9.17) is 17.0 Å². The predicted octanol–water partition coefficient (Wildman–Crippen LogP) is 3.38. The zero-order chi connectivity index (χ0) is 18.7. The van der Waals surface area contributed by atoms with Crippen LogP contribution < -0.4 is 10.2 Å². The Bertz CT molecular complexity index is 896. The Morgan fingerprint density at radius 3 is 2.46 bits per heavy atom. The second kappa shape index (κ2) is 7.67. The van der Waals surface area contributed by atoms with E-state index in [1.807, 2.05) is 0 Å². The van der Waals surface area contributed by atoms with Crippen molar-refractivity contribution >= 4 is 46.2 Å². The molecule has 0 saturated carbocycles. The number of amides is 2. The van der Waals surface area contributed by atoms with Crippen molar-refractivity contribution in [3.63, 3.8) is 0 Å². The van der Waals surface area contributed by atoms with Crippen molar-refractivity contribution in [2.75, 3.05) is 7.11 Å². The predicted molar refractivity (Wildman–Crippen MR) is 102 cm³/mol. The van der Waals surface area contributed by atoms with Gasteiger partial charge in [-0.15, -0.1) is 0 Å². The molecule has 0 radical (unpaired) electrons. The molecule has 2 aromatic rings. The summed E-state index contributed by atoms with van der Waals surface area (Å²) >= 11 is 6.24. The molecule has 1 N–H and O–H groups in total. The zero-order valence-corrected chi connectivity index (χ0v) is 15.2. The van der Waals surface area contributed by atoms with E-state index in [0.717, 1.165) is 16.8 Å². The molecule has 26 heavy (non-hydrogen) atoms. The molecular formula is C18H13FN2O3S2. The van der Waals surface area contributed by atoms with E-state index in [2.05, 4.69) is 5.43 Å². The molecule has 1 aliphatic heterocycles. The highest BCUT2D eigenvalue weighted by Gasteiger charge is 2.33. The third-order valence-electron chi connectivity index (χ3n) is 3.53. The number of carbonyl (C=O) groups excluding carboxylic acids is 2. The summed E-state index contributed by atoms with van der Waals surface area (Å²) in [5.41, 5.74) is 3.52. The van der Waals surface area contributed by atoms with Gasteiger partial charge in [0.05, 0.1) is 12.0 Å². The number of halogens is 1. The number of ether oxygens (including phenoxy) is 1. The Labute approximate surface area is 158 Å². The van der Waals surface area contributed by atoms with E-state index in [1.165, 1.54) is 19.2 Å². The van der Waals surface area contributed by atoms with E-state index in [-0.39, 0.29) is 10.1 Å². The molecular weight excluding hydrogens is 375 g/mol. The van der Waals surface area contributed by atoms with E-state index in [9.17, 15) is 14.0 Å². The zero-order valence-electron chi connectivity index (χ0n) is 13.6. The van der Waals surface area contributed by atoms with Crippen molar-refractivity contribution in [1.82, 2.24) is 10.4 Å². The van der Waals surface area contributed by atoms with Crippen LogP contribution in [0.4, 0.5) is 4.39 Å². The highest BCUT2D eigenvalue weighted by atomic mass is 32.2. The van der Waals surface area contributed by atoms with Gasteiger partial charge in [0.2, 0.25) is 0 Å². The van der Waals surface area contributed by atoms with Crippen molar-refractivity contribution in [3.8, 4) is 5.75 Å². The van der Waals surface area contributed by atoms with Crippen LogP contribution in [-0.4, -0.2) is 28.3 Å². The molecule has 0 aliphatic carbocycles. The minimum atomic E-state index is -0.466. The molecule has 2 aromatic carbocycles. The minimum absolute atomic E-state index is 0.213. The van der Waals surface area contributed by atoms with Gasteiger partial charge < -0.3 is 4.74 Å². The maximum atomic E-state index is 13.0. The first-order valence-corrected chi connectivity index (χ1v) is 8.69. The first-order chi connectivity index (χ1) is 12.5. The average molecular weight is 388 g/mol. The molecule has 0 bridgehead atoms. The van der Waals surface area contributed by atoms with Crippen LogP contribution in [0.3, 0.4) is 0 Å². The molecule has 3 rings (SSSR count). The number of benzene rings is 2. The molecule has 132 valence electrons. The van der Waals surface area contributed by atoms with Gasteiger partial charge in [0.25, 0.3) is 11.8 Å². The summed E-state index contributed by atoms with van der Waals surface area (Å²) in [7, 11) is 1.53. The maximum Gasteiger partial charge on any atom is 0.285 e. The third kappa shape index (κ3) is 3.92. The van der Waals surface area contributed by atoms with Crippen molar-refractivity contribution in [1.29, 1.82) is 0 Å². The van der Waals surface area contributed by atoms with E-state index in [0.29, 0.717) is 21.8 Å². The summed E-state index contributed by atoms with van der Waals surface area (Å²) in [6, 6.07) is 12.2. The molecule has 0 unspecified atom stereocenters.